The molecule has 2 nitrogen and oxygen atoms in total. The van der Waals surface area contributed by atoms with E-state index in [-0.39, 0.29) is 5.54 Å². The molecule has 1 aliphatic rings. The number of halogens is 1. The van der Waals surface area contributed by atoms with Gasteiger partial charge in [0.1, 0.15) is 0 Å². The zero-order chi connectivity index (χ0) is 13.2. The molecule has 1 fully saturated rings. The number of benzene rings is 1. The Kier molecular flexibility index (Phi) is 4.33. The quantitative estimate of drug-likeness (QED) is 0.916. The molecule has 1 saturated heterocycles. The molecule has 1 N–H and O–H groups in total. The lowest BCUT2D eigenvalue weighted by molar-refractivity contribution is 0.287. The van der Waals surface area contributed by atoms with Crippen LogP contribution in [0.5, 0.6) is 0 Å². The molecular weight excluding hydrogens is 288 g/mol. The van der Waals surface area contributed by atoms with E-state index in [2.05, 4.69) is 64.3 Å². The molecule has 3 heteroatoms. The summed E-state index contributed by atoms with van der Waals surface area (Å²) in [7, 11) is 2.05. The number of anilines is 1. The van der Waals surface area contributed by atoms with Gasteiger partial charge < -0.3 is 10.2 Å². The van der Waals surface area contributed by atoms with Crippen molar-refractivity contribution >= 4 is 21.6 Å². The number of nitrogens with zero attached hydrogens (tertiary/aromatic N) is 1. The molecule has 1 aromatic carbocycles. The Morgan fingerprint density at radius 2 is 2.00 bits per heavy atom. The van der Waals surface area contributed by atoms with Gasteiger partial charge in [0.05, 0.1) is 0 Å². The fourth-order valence-corrected chi connectivity index (χ4v) is 3.08. The van der Waals surface area contributed by atoms with Crippen LogP contribution < -0.4 is 10.2 Å². The van der Waals surface area contributed by atoms with Gasteiger partial charge in [-0.3, -0.25) is 0 Å². The second-order valence-electron chi connectivity index (χ2n) is 5.86. The highest BCUT2D eigenvalue weighted by molar-refractivity contribution is 9.10. The Labute approximate surface area is 119 Å². The molecule has 0 aliphatic carbocycles. The molecule has 0 spiro atoms. The lowest BCUT2D eigenvalue weighted by Crippen LogP contribution is -2.52. The van der Waals surface area contributed by atoms with Gasteiger partial charge in [0.25, 0.3) is 0 Å². The smallest absolute Gasteiger partial charge is 0.0371 e. The van der Waals surface area contributed by atoms with Gasteiger partial charge in [-0.1, -0.05) is 15.9 Å². The predicted octanol–water partition coefficient (Wildman–Crippen LogP) is 3.66. The van der Waals surface area contributed by atoms with Crippen molar-refractivity contribution in [2.45, 2.75) is 32.2 Å². The molecule has 0 bridgehead atoms. The summed E-state index contributed by atoms with van der Waals surface area (Å²) in [5.41, 5.74) is 1.60. The summed E-state index contributed by atoms with van der Waals surface area (Å²) in [5.74, 6) is 0.756. The largest absolute Gasteiger partial charge is 0.366 e. The van der Waals surface area contributed by atoms with E-state index < -0.39 is 0 Å². The highest BCUT2D eigenvalue weighted by atomic mass is 79.9. The zero-order valence-electron chi connectivity index (χ0n) is 11.5. The van der Waals surface area contributed by atoms with Crippen molar-refractivity contribution in [1.29, 1.82) is 0 Å². The van der Waals surface area contributed by atoms with Crippen LogP contribution in [0.1, 0.15) is 26.7 Å². The van der Waals surface area contributed by atoms with Crippen molar-refractivity contribution in [3.63, 3.8) is 0 Å². The number of hydrogen-bond acceptors (Lipinski definition) is 2. The average Bonchev–Trinajstić information content (AvgIpc) is 2.33. The topological polar surface area (TPSA) is 15.3 Å². The highest BCUT2D eigenvalue weighted by Gasteiger charge is 2.33. The molecule has 1 atom stereocenters. The zero-order valence-corrected chi connectivity index (χ0v) is 13.1. The van der Waals surface area contributed by atoms with Gasteiger partial charge in [0.2, 0.25) is 0 Å². The summed E-state index contributed by atoms with van der Waals surface area (Å²) in [6.07, 6.45) is 2.58. The molecule has 0 radical (unpaired) electrons. The van der Waals surface area contributed by atoms with Crippen molar-refractivity contribution in [1.82, 2.24) is 5.32 Å². The summed E-state index contributed by atoms with van der Waals surface area (Å²) < 4.78 is 1.15. The number of hydrogen-bond donors (Lipinski definition) is 1. The van der Waals surface area contributed by atoms with Gasteiger partial charge in [-0.2, -0.15) is 0 Å². The summed E-state index contributed by atoms with van der Waals surface area (Å²) >= 11 is 3.51. The van der Waals surface area contributed by atoms with Crippen LogP contribution in [0.15, 0.2) is 28.7 Å². The summed E-state index contributed by atoms with van der Waals surface area (Å²) in [6, 6.07) is 8.70. The third-order valence-corrected chi connectivity index (χ3v) is 4.50. The van der Waals surface area contributed by atoms with E-state index in [9.17, 15) is 0 Å². The van der Waals surface area contributed by atoms with Gasteiger partial charge in [-0.25, -0.2) is 0 Å². The van der Waals surface area contributed by atoms with Crippen LogP contribution in [0.4, 0.5) is 5.69 Å². The van der Waals surface area contributed by atoms with E-state index >= 15 is 0 Å². The minimum atomic E-state index is 0.262. The van der Waals surface area contributed by atoms with Crippen molar-refractivity contribution in [3.8, 4) is 0 Å². The first-order valence-corrected chi connectivity index (χ1v) is 7.50. The Bertz CT molecular complexity index is 386. The average molecular weight is 311 g/mol. The van der Waals surface area contributed by atoms with Gasteiger partial charge in [-0.05, 0) is 70.5 Å². The van der Waals surface area contributed by atoms with Crippen LogP contribution >= 0.6 is 15.9 Å². The third-order valence-electron chi connectivity index (χ3n) is 3.97. The summed E-state index contributed by atoms with van der Waals surface area (Å²) in [5, 5.41) is 3.31. The fraction of sp³-hybridized carbons (Fsp3) is 0.600. The molecule has 18 heavy (non-hydrogen) atoms. The van der Waals surface area contributed by atoms with Crippen molar-refractivity contribution in [2.75, 3.05) is 25.0 Å². The molecule has 0 aromatic heterocycles. The lowest BCUT2D eigenvalue weighted by Gasteiger charge is -2.47. The van der Waals surface area contributed by atoms with Crippen molar-refractivity contribution in [3.05, 3.63) is 28.7 Å². The monoisotopic (exact) mass is 310 g/mol. The van der Waals surface area contributed by atoms with Crippen LogP contribution in [-0.4, -0.2) is 25.7 Å². The molecule has 0 amide bonds. The molecule has 0 saturated carbocycles. The Hall–Kier alpha value is -0.540. The molecular formula is C15H23BrN2. The van der Waals surface area contributed by atoms with Crippen LogP contribution in [0.3, 0.4) is 0 Å². The van der Waals surface area contributed by atoms with Crippen LogP contribution in [0.25, 0.3) is 0 Å². The molecule has 1 aromatic rings. The number of piperidine rings is 1. The molecule has 1 aliphatic heterocycles. The normalized spacial score (nSPS) is 23.1. The minimum Gasteiger partial charge on any atom is -0.366 e. The van der Waals surface area contributed by atoms with Crippen molar-refractivity contribution < 1.29 is 0 Å². The molecule has 1 heterocycles. The van der Waals surface area contributed by atoms with E-state index in [1.165, 1.54) is 18.5 Å². The maximum atomic E-state index is 3.51. The number of rotatable bonds is 3. The maximum Gasteiger partial charge on any atom is 0.0371 e. The Morgan fingerprint density at radius 1 is 1.33 bits per heavy atom. The van der Waals surface area contributed by atoms with E-state index in [0.717, 1.165) is 23.5 Å². The van der Waals surface area contributed by atoms with Crippen molar-refractivity contribution in [2.24, 2.45) is 5.92 Å². The minimum absolute atomic E-state index is 0.262. The lowest BCUT2D eigenvalue weighted by atomic mass is 9.84. The van der Waals surface area contributed by atoms with Gasteiger partial charge in [-0.15, -0.1) is 0 Å². The molecule has 2 rings (SSSR count). The Balaban J connectivity index is 2.18. The molecule has 1 unspecified atom stereocenters. The van der Waals surface area contributed by atoms with E-state index in [0.29, 0.717) is 0 Å². The van der Waals surface area contributed by atoms with Gasteiger partial charge >= 0.3 is 0 Å². The van der Waals surface area contributed by atoms with Crippen LogP contribution in [0, 0.1) is 5.92 Å². The third kappa shape index (κ3) is 3.07. The van der Waals surface area contributed by atoms with Crippen LogP contribution in [-0.2, 0) is 0 Å². The first kappa shape index (κ1) is 13.9. The number of nitrogens with one attached hydrogen (secondary N) is 1. The Morgan fingerprint density at radius 3 is 2.61 bits per heavy atom. The summed E-state index contributed by atoms with van der Waals surface area (Å²) in [4.78, 5) is 2.56. The van der Waals surface area contributed by atoms with E-state index in [1.807, 2.05) is 7.05 Å². The van der Waals surface area contributed by atoms with E-state index in [4.69, 9.17) is 0 Å². The standard InChI is InChI=1S/C15H23BrN2/c1-15(2)9-8-12(10-17-3)11-18(15)14-6-4-13(16)5-7-14/h4-7,12,17H,8-11H2,1-3H3. The van der Waals surface area contributed by atoms with Gasteiger partial charge in [0, 0.05) is 22.2 Å². The second-order valence-corrected chi connectivity index (χ2v) is 6.78. The molecule has 100 valence electrons. The summed E-state index contributed by atoms with van der Waals surface area (Å²) in [6.45, 7) is 6.97. The predicted molar refractivity (Wildman–Crippen MR) is 82.2 cm³/mol. The van der Waals surface area contributed by atoms with Gasteiger partial charge in [0.15, 0.2) is 0 Å². The maximum absolute atomic E-state index is 3.51. The first-order chi connectivity index (χ1) is 8.53. The SMILES string of the molecule is CNCC1CCC(C)(C)N(c2ccc(Br)cc2)C1. The van der Waals surface area contributed by atoms with E-state index in [1.54, 1.807) is 0 Å². The van der Waals surface area contributed by atoms with Crippen LogP contribution in [0.2, 0.25) is 0 Å². The first-order valence-electron chi connectivity index (χ1n) is 6.71. The second kappa shape index (κ2) is 5.62. The fourth-order valence-electron chi connectivity index (χ4n) is 2.82. The highest BCUT2D eigenvalue weighted by Crippen LogP contribution is 2.35.